The van der Waals surface area contributed by atoms with E-state index in [4.69, 9.17) is 9.26 Å². The molecule has 0 radical (unpaired) electrons. The SMILES string of the molecule is Cc1nc(CN2CCN(C(=O)Cc3ccc4c(c3)COC4)CC2)no1. The molecule has 0 bridgehead atoms. The van der Waals surface area contributed by atoms with Gasteiger partial charge in [-0.15, -0.1) is 0 Å². The fraction of sp³-hybridized carbons (Fsp3) is 0.500. The summed E-state index contributed by atoms with van der Waals surface area (Å²) in [5.74, 6) is 1.48. The fourth-order valence-electron chi connectivity index (χ4n) is 3.38. The molecule has 1 aromatic heterocycles. The first-order chi connectivity index (χ1) is 12.2. The number of aryl methyl sites for hydroxylation is 1. The van der Waals surface area contributed by atoms with Gasteiger partial charge in [0, 0.05) is 33.1 Å². The van der Waals surface area contributed by atoms with Crippen molar-refractivity contribution in [2.24, 2.45) is 0 Å². The van der Waals surface area contributed by atoms with Crippen molar-refractivity contribution in [3.63, 3.8) is 0 Å². The van der Waals surface area contributed by atoms with E-state index in [1.54, 1.807) is 6.92 Å². The second-order valence-corrected chi connectivity index (χ2v) is 6.66. The fourth-order valence-corrected chi connectivity index (χ4v) is 3.38. The van der Waals surface area contributed by atoms with Gasteiger partial charge in [-0.2, -0.15) is 4.98 Å². The van der Waals surface area contributed by atoms with Crippen LogP contribution in [0.4, 0.5) is 0 Å². The lowest BCUT2D eigenvalue weighted by Gasteiger charge is -2.34. The number of benzene rings is 1. The maximum atomic E-state index is 12.6. The average Bonchev–Trinajstić information content (AvgIpc) is 3.24. The number of nitrogens with zero attached hydrogens (tertiary/aromatic N) is 4. The Balaban J connectivity index is 1.29. The summed E-state index contributed by atoms with van der Waals surface area (Å²) in [4.78, 5) is 21.0. The van der Waals surface area contributed by atoms with Crippen molar-refractivity contribution in [3.05, 3.63) is 46.6 Å². The summed E-state index contributed by atoms with van der Waals surface area (Å²) in [5.41, 5.74) is 3.52. The minimum atomic E-state index is 0.189. The molecule has 0 atom stereocenters. The van der Waals surface area contributed by atoms with Gasteiger partial charge in [0.25, 0.3) is 0 Å². The third-order valence-corrected chi connectivity index (χ3v) is 4.80. The molecule has 2 aliphatic heterocycles. The van der Waals surface area contributed by atoms with Crippen LogP contribution in [-0.2, 0) is 35.7 Å². The maximum absolute atomic E-state index is 12.6. The lowest BCUT2D eigenvalue weighted by molar-refractivity contribution is -0.132. The summed E-state index contributed by atoms with van der Waals surface area (Å²) in [7, 11) is 0. The molecule has 1 aromatic carbocycles. The molecule has 7 nitrogen and oxygen atoms in total. The predicted octanol–water partition coefficient (Wildman–Crippen LogP) is 1.30. The van der Waals surface area contributed by atoms with Gasteiger partial charge in [0.1, 0.15) is 0 Å². The van der Waals surface area contributed by atoms with Gasteiger partial charge in [-0.3, -0.25) is 9.69 Å². The Kier molecular flexibility index (Phi) is 4.50. The number of ether oxygens (including phenoxy) is 1. The first-order valence-corrected chi connectivity index (χ1v) is 8.65. The molecule has 2 aliphatic rings. The molecule has 25 heavy (non-hydrogen) atoms. The van der Waals surface area contributed by atoms with E-state index in [-0.39, 0.29) is 5.91 Å². The number of aromatic nitrogens is 2. The minimum absolute atomic E-state index is 0.189. The number of rotatable bonds is 4. The highest BCUT2D eigenvalue weighted by Crippen LogP contribution is 2.21. The Hall–Kier alpha value is -2.25. The monoisotopic (exact) mass is 342 g/mol. The molecule has 132 valence electrons. The van der Waals surface area contributed by atoms with Crippen molar-refractivity contribution in [2.45, 2.75) is 33.1 Å². The van der Waals surface area contributed by atoms with Crippen LogP contribution in [0.2, 0.25) is 0 Å². The Morgan fingerprint density at radius 2 is 1.96 bits per heavy atom. The zero-order valence-corrected chi connectivity index (χ0v) is 14.4. The van der Waals surface area contributed by atoms with Crippen molar-refractivity contribution in [1.29, 1.82) is 0 Å². The molecule has 0 aliphatic carbocycles. The van der Waals surface area contributed by atoms with Gasteiger partial charge < -0.3 is 14.2 Å². The van der Waals surface area contributed by atoms with Crippen LogP contribution in [0.1, 0.15) is 28.4 Å². The molecule has 2 aromatic rings. The quantitative estimate of drug-likeness (QED) is 0.834. The van der Waals surface area contributed by atoms with Gasteiger partial charge >= 0.3 is 0 Å². The number of carbonyl (C=O) groups is 1. The molecular weight excluding hydrogens is 320 g/mol. The maximum Gasteiger partial charge on any atom is 0.227 e. The second kappa shape index (κ2) is 6.93. The molecule has 0 saturated carbocycles. The number of piperazine rings is 1. The van der Waals surface area contributed by atoms with Gasteiger partial charge in [-0.05, 0) is 16.7 Å². The van der Waals surface area contributed by atoms with Gasteiger partial charge in [0.15, 0.2) is 5.82 Å². The van der Waals surface area contributed by atoms with Crippen LogP contribution < -0.4 is 0 Å². The Morgan fingerprint density at radius 3 is 2.72 bits per heavy atom. The number of amides is 1. The Labute approximate surface area is 146 Å². The summed E-state index contributed by atoms with van der Waals surface area (Å²) in [5, 5.41) is 3.93. The molecule has 0 N–H and O–H groups in total. The predicted molar refractivity (Wildman–Crippen MR) is 89.5 cm³/mol. The summed E-state index contributed by atoms with van der Waals surface area (Å²) >= 11 is 0. The Morgan fingerprint density at radius 1 is 1.16 bits per heavy atom. The van der Waals surface area contributed by atoms with Gasteiger partial charge in [0.05, 0.1) is 26.2 Å². The van der Waals surface area contributed by atoms with E-state index < -0.39 is 0 Å². The van der Waals surface area contributed by atoms with E-state index in [2.05, 4.69) is 27.2 Å². The van der Waals surface area contributed by atoms with Crippen LogP contribution in [-0.4, -0.2) is 52.0 Å². The van der Waals surface area contributed by atoms with Crippen LogP contribution in [0.3, 0.4) is 0 Å². The highest BCUT2D eigenvalue weighted by Gasteiger charge is 2.22. The first kappa shape index (κ1) is 16.2. The molecule has 7 heteroatoms. The molecule has 3 heterocycles. The smallest absolute Gasteiger partial charge is 0.227 e. The van der Waals surface area contributed by atoms with E-state index in [0.717, 1.165) is 31.7 Å². The normalized spacial score (nSPS) is 17.7. The van der Waals surface area contributed by atoms with E-state index in [0.29, 0.717) is 37.9 Å². The molecule has 0 unspecified atom stereocenters. The number of hydrogen-bond acceptors (Lipinski definition) is 6. The second-order valence-electron chi connectivity index (χ2n) is 6.66. The van der Waals surface area contributed by atoms with Crippen molar-refractivity contribution < 1.29 is 14.1 Å². The summed E-state index contributed by atoms with van der Waals surface area (Å²) < 4.78 is 10.4. The van der Waals surface area contributed by atoms with Gasteiger partial charge in [-0.1, -0.05) is 23.4 Å². The summed E-state index contributed by atoms with van der Waals surface area (Å²) in [6, 6.07) is 6.23. The van der Waals surface area contributed by atoms with E-state index in [1.807, 2.05) is 11.0 Å². The number of hydrogen-bond donors (Lipinski definition) is 0. The van der Waals surface area contributed by atoms with Crippen molar-refractivity contribution >= 4 is 5.91 Å². The van der Waals surface area contributed by atoms with Crippen LogP contribution in [0.5, 0.6) is 0 Å². The third kappa shape index (κ3) is 3.72. The van der Waals surface area contributed by atoms with Crippen LogP contribution in [0, 0.1) is 6.92 Å². The van der Waals surface area contributed by atoms with Crippen molar-refractivity contribution in [3.8, 4) is 0 Å². The highest BCUT2D eigenvalue weighted by molar-refractivity contribution is 5.79. The molecule has 4 rings (SSSR count). The van der Waals surface area contributed by atoms with Crippen LogP contribution >= 0.6 is 0 Å². The van der Waals surface area contributed by atoms with Crippen LogP contribution in [0.15, 0.2) is 22.7 Å². The standard InChI is InChI=1S/C18H22N4O3/c1-13-19-17(20-25-13)10-21-4-6-22(7-5-21)18(23)9-14-2-3-15-11-24-12-16(15)8-14/h2-3,8H,4-7,9-12H2,1H3. The van der Waals surface area contributed by atoms with Gasteiger partial charge in [-0.25, -0.2) is 0 Å². The molecular formula is C18H22N4O3. The molecule has 0 spiro atoms. The summed E-state index contributed by atoms with van der Waals surface area (Å²) in [6.45, 7) is 6.95. The third-order valence-electron chi connectivity index (χ3n) is 4.80. The number of fused-ring (bicyclic) bond motifs is 1. The van der Waals surface area contributed by atoms with E-state index >= 15 is 0 Å². The topological polar surface area (TPSA) is 71.7 Å². The average molecular weight is 342 g/mol. The Bertz CT molecular complexity index is 765. The van der Waals surface area contributed by atoms with Crippen molar-refractivity contribution in [2.75, 3.05) is 26.2 Å². The largest absolute Gasteiger partial charge is 0.372 e. The van der Waals surface area contributed by atoms with Crippen LogP contribution in [0.25, 0.3) is 0 Å². The first-order valence-electron chi connectivity index (χ1n) is 8.65. The highest BCUT2D eigenvalue weighted by atomic mass is 16.5. The minimum Gasteiger partial charge on any atom is -0.372 e. The lowest BCUT2D eigenvalue weighted by atomic mass is 10.0. The summed E-state index contributed by atoms with van der Waals surface area (Å²) in [6.07, 6.45) is 0.456. The lowest BCUT2D eigenvalue weighted by Crippen LogP contribution is -2.48. The molecule has 1 fully saturated rings. The zero-order valence-electron chi connectivity index (χ0n) is 14.4. The van der Waals surface area contributed by atoms with Gasteiger partial charge in [0.2, 0.25) is 11.8 Å². The van der Waals surface area contributed by atoms with E-state index in [1.165, 1.54) is 11.1 Å². The van der Waals surface area contributed by atoms with Crippen molar-refractivity contribution in [1.82, 2.24) is 19.9 Å². The zero-order chi connectivity index (χ0) is 17.2. The molecule has 1 amide bonds. The van der Waals surface area contributed by atoms with E-state index in [9.17, 15) is 4.79 Å². The number of carbonyl (C=O) groups excluding carboxylic acids is 1. The molecule has 1 saturated heterocycles.